The number of hydrogen-bond acceptors (Lipinski definition) is 4. The van der Waals surface area contributed by atoms with Crippen LogP contribution in [0.15, 0.2) is 41.5 Å². The first-order valence-corrected chi connectivity index (χ1v) is 8.42. The van der Waals surface area contributed by atoms with Gasteiger partial charge in [0, 0.05) is 34.6 Å². The number of pyridine rings is 1. The lowest BCUT2D eigenvalue weighted by atomic mass is 10.1. The van der Waals surface area contributed by atoms with Crippen LogP contribution >= 0.6 is 0 Å². The van der Waals surface area contributed by atoms with Crippen molar-refractivity contribution < 1.29 is 0 Å². The molecule has 0 saturated carbocycles. The second-order valence-corrected chi connectivity index (χ2v) is 6.32. The average molecular weight is 319 g/mol. The van der Waals surface area contributed by atoms with Crippen LogP contribution in [0.25, 0.3) is 10.9 Å². The van der Waals surface area contributed by atoms with Gasteiger partial charge in [-0.3, -0.25) is 14.7 Å². The maximum absolute atomic E-state index is 4.74. The van der Waals surface area contributed by atoms with Gasteiger partial charge in [-0.25, -0.2) is 0 Å². The molecule has 0 bridgehead atoms. The van der Waals surface area contributed by atoms with Crippen molar-refractivity contribution >= 4 is 22.4 Å². The van der Waals surface area contributed by atoms with Crippen molar-refractivity contribution in [2.45, 2.75) is 39.8 Å². The van der Waals surface area contributed by atoms with Crippen molar-refractivity contribution in [2.75, 3.05) is 5.32 Å². The number of nitrogens with one attached hydrogen (secondary N) is 1. The molecule has 1 N–H and O–H groups in total. The van der Waals surface area contributed by atoms with Gasteiger partial charge in [-0.1, -0.05) is 13.0 Å². The van der Waals surface area contributed by atoms with E-state index in [-0.39, 0.29) is 0 Å². The number of benzene rings is 1. The normalized spacial score (nSPS) is 14.5. The fourth-order valence-electron chi connectivity index (χ4n) is 3.16. The van der Waals surface area contributed by atoms with Crippen molar-refractivity contribution in [1.29, 1.82) is 0 Å². The molecule has 2 aromatic heterocycles. The molecule has 0 spiro atoms. The molecular weight excluding hydrogens is 298 g/mol. The molecule has 0 aliphatic carbocycles. The zero-order valence-electron chi connectivity index (χ0n) is 14.2. The van der Waals surface area contributed by atoms with Gasteiger partial charge < -0.3 is 5.32 Å². The van der Waals surface area contributed by atoms with Gasteiger partial charge in [0.1, 0.15) is 5.69 Å². The van der Waals surface area contributed by atoms with Crippen molar-refractivity contribution in [3.8, 4) is 0 Å². The standard InChI is InChI=1S/C19H21N5/c1-4-12(2)24-13(3)16-10-15(7-8-17(16)23-24)22-19-18-14(11-21-19)6-5-9-20-18/h5-10,12H,4,11H2,1-3H3,(H,21,22). The van der Waals surface area contributed by atoms with E-state index in [9.17, 15) is 0 Å². The molecule has 3 heterocycles. The van der Waals surface area contributed by atoms with Gasteiger partial charge in [0.15, 0.2) is 5.84 Å². The summed E-state index contributed by atoms with van der Waals surface area (Å²) in [6.45, 7) is 7.22. The van der Waals surface area contributed by atoms with E-state index < -0.39 is 0 Å². The molecule has 1 aliphatic heterocycles. The molecular formula is C19H21N5. The lowest BCUT2D eigenvalue weighted by Crippen LogP contribution is -2.13. The first kappa shape index (κ1) is 14.9. The number of anilines is 1. The molecule has 1 aliphatic rings. The highest BCUT2D eigenvalue weighted by molar-refractivity contribution is 6.09. The van der Waals surface area contributed by atoms with Crippen molar-refractivity contribution in [3.63, 3.8) is 0 Å². The predicted molar refractivity (Wildman–Crippen MR) is 97.6 cm³/mol. The molecule has 122 valence electrons. The fourth-order valence-corrected chi connectivity index (χ4v) is 3.16. The molecule has 5 nitrogen and oxygen atoms in total. The largest absolute Gasteiger partial charge is 0.339 e. The number of aliphatic imine (C=N–C) groups is 1. The Labute approximate surface area is 141 Å². The lowest BCUT2D eigenvalue weighted by Gasteiger charge is -2.11. The van der Waals surface area contributed by atoms with Crippen LogP contribution in [-0.4, -0.2) is 20.6 Å². The lowest BCUT2D eigenvalue weighted by molar-refractivity contribution is 0.471. The number of fused-ring (bicyclic) bond motifs is 2. The van der Waals surface area contributed by atoms with E-state index in [1.807, 2.05) is 12.3 Å². The Morgan fingerprint density at radius 2 is 2.17 bits per heavy atom. The van der Waals surface area contributed by atoms with E-state index in [4.69, 9.17) is 5.10 Å². The Balaban J connectivity index is 1.68. The van der Waals surface area contributed by atoms with Crippen molar-refractivity contribution in [3.05, 3.63) is 53.5 Å². The molecule has 24 heavy (non-hydrogen) atoms. The third-order valence-corrected chi connectivity index (χ3v) is 4.74. The number of aromatic nitrogens is 3. The SMILES string of the molecule is CCC(C)n1nc2ccc(NC3=NCc4cccnc43)cc2c1C. The Bertz CT molecular complexity index is 938. The second kappa shape index (κ2) is 5.74. The molecule has 0 amide bonds. The van der Waals surface area contributed by atoms with Crippen LogP contribution in [0.2, 0.25) is 0 Å². The summed E-state index contributed by atoms with van der Waals surface area (Å²) < 4.78 is 2.12. The van der Waals surface area contributed by atoms with Crippen LogP contribution in [0.5, 0.6) is 0 Å². The van der Waals surface area contributed by atoms with E-state index in [0.29, 0.717) is 12.6 Å². The molecule has 1 unspecified atom stereocenters. The molecule has 1 atom stereocenters. The Morgan fingerprint density at radius 1 is 1.29 bits per heavy atom. The third kappa shape index (κ3) is 2.37. The van der Waals surface area contributed by atoms with Gasteiger partial charge in [-0.2, -0.15) is 5.10 Å². The summed E-state index contributed by atoms with van der Waals surface area (Å²) in [5.41, 5.74) is 5.37. The van der Waals surface area contributed by atoms with Gasteiger partial charge in [0.05, 0.1) is 12.1 Å². The van der Waals surface area contributed by atoms with Crippen LogP contribution in [-0.2, 0) is 6.54 Å². The van der Waals surface area contributed by atoms with Crippen LogP contribution in [0.3, 0.4) is 0 Å². The Kier molecular flexibility index (Phi) is 3.56. The minimum atomic E-state index is 0.407. The van der Waals surface area contributed by atoms with Crippen molar-refractivity contribution in [1.82, 2.24) is 14.8 Å². The minimum absolute atomic E-state index is 0.407. The summed E-state index contributed by atoms with van der Waals surface area (Å²) in [7, 11) is 0. The Morgan fingerprint density at radius 3 is 3.00 bits per heavy atom. The summed E-state index contributed by atoms with van der Waals surface area (Å²) >= 11 is 0. The van der Waals surface area contributed by atoms with E-state index in [1.165, 1.54) is 16.6 Å². The molecule has 5 heteroatoms. The highest BCUT2D eigenvalue weighted by atomic mass is 15.3. The molecule has 0 saturated heterocycles. The maximum Gasteiger partial charge on any atom is 0.152 e. The van der Waals surface area contributed by atoms with E-state index >= 15 is 0 Å². The van der Waals surface area contributed by atoms with Crippen LogP contribution in [0.1, 0.15) is 43.3 Å². The van der Waals surface area contributed by atoms with E-state index in [1.54, 1.807) is 0 Å². The maximum atomic E-state index is 4.74. The highest BCUT2D eigenvalue weighted by Gasteiger charge is 2.17. The Hall–Kier alpha value is -2.69. The van der Waals surface area contributed by atoms with Gasteiger partial charge in [0.2, 0.25) is 0 Å². The summed E-state index contributed by atoms with van der Waals surface area (Å²) in [5.74, 6) is 0.844. The zero-order valence-corrected chi connectivity index (χ0v) is 14.2. The molecule has 1 aromatic carbocycles. The van der Waals surface area contributed by atoms with Crippen LogP contribution in [0, 0.1) is 6.92 Å². The smallest absolute Gasteiger partial charge is 0.152 e. The van der Waals surface area contributed by atoms with Gasteiger partial charge in [-0.15, -0.1) is 0 Å². The van der Waals surface area contributed by atoms with Crippen LogP contribution < -0.4 is 5.32 Å². The number of aryl methyl sites for hydroxylation is 1. The topological polar surface area (TPSA) is 55.1 Å². The van der Waals surface area contributed by atoms with Gasteiger partial charge in [0.25, 0.3) is 0 Å². The minimum Gasteiger partial charge on any atom is -0.339 e. The molecule has 0 radical (unpaired) electrons. The highest BCUT2D eigenvalue weighted by Crippen LogP contribution is 2.26. The first-order valence-electron chi connectivity index (χ1n) is 8.42. The van der Waals surface area contributed by atoms with Crippen molar-refractivity contribution in [2.24, 2.45) is 4.99 Å². The monoisotopic (exact) mass is 319 g/mol. The van der Waals surface area contributed by atoms with E-state index in [0.717, 1.165) is 29.2 Å². The molecule has 4 rings (SSSR count). The molecule has 3 aromatic rings. The third-order valence-electron chi connectivity index (χ3n) is 4.74. The van der Waals surface area contributed by atoms with Crippen LogP contribution in [0.4, 0.5) is 5.69 Å². The first-order chi connectivity index (χ1) is 11.7. The fraction of sp³-hybridized carbons (Fsp3) is 0.316. The van der Waals surface area contributed by atoms with E-state index in [2.05, 4.69) is 65.0 Å². The number of rotatable bonds is 3. The number of amidine groups is 1. The summed E-state index contributed by atoms with van der Waals surface area (Å²) in [5, 5.41) is 9.34. The average Bonchev–Trinajstić information content (AvgIpc) is 3.16. The summed E-state index contributed by atoms with van der Waals surface area (Å²) in [6, 6.07) is 10.7. The summed E-state index contributed by atoms with van der Waals surface area (Å²) in [6.07, 6.45) is 2.88. The van der Waals surface area contributed by atoms with Gasteiger partial charge in [-0.05, 0) is 44.5 Å². The van der Waals surface area contributed by atoms with Gasteiger partial charge >= 0.3 is 0 Å². The second-order valence-electron chi connectivity index (χ2n) is 6.32. The number of hydrogen-bond donors (Lipinski definition) is 1. The summed E-state index contributed by atoms with van der Waals surface area (Å²) in [4.78, 5) is 9.02. The quantitative estimate of drug-likeness (QED) is 0.791. The number of nitrogens with zero attached hydrogens (tertiary/aromatic N) is 4. The zero-order chi connectivity index (χ0) is 16.7. The predicted octanol–water partition coefficient (Wildman–Crippen LogP) is 4.08. The molecule has 0 fully saturated rings.